The molecule has 1 aromatic heterocycles. The van der Waals surface area contributed by atoms with Crippen molar-refractivity contribution in [3.8, 4) is 17.2 Å². The van der Waals surface area contributed by atoms with E-state index in [2.05, 4.69) is 15.6 Å². The zero-order valence-corrected chi connectivity index (χ0v) is 16.1. The Labute approximate surface area is 166 Å². The number of halogens is 1. The zero-order valence-electron chi connectivity index (χ0n) is 15.3. The molecule has 1 heterocycles. The van der Waals surface area contributed by atoms with Crippen molar-refractivity contribution >= 4 is 23.2 Å². The van der Waals surface area contributed by atoms with Crippen molar-refractivity contribution in [1.82, 2.24) is 10.5 Å². The van der Waals surface area contributed by atoms with Crippen LogP contribution < -0.4 is 10.1 Å². The summed E-state index contributed by atoms with van der Waals surface area (Å²) in [7, 11) is 2.91. The van der Waals surface area contributed by atoms with Gasteiger partial charge in [-0.05, 0) is 35.0 Å². The Morgan fingerprint density at radius 1 is 1.21 bits per heavy atom. The SMILES string of the molecule is CNC(=O)/C(=N/OC)c1ccccc1COc1cc(-c2ccc(Cl)cc2)on1. The Bertz CT molecular complexity index is 983. The highest BCUT2D eigenvalue weighted by Gasteiger charge is 2.18. The first-order valence-electron chi connectivity index (χ1n) is 8.39. The molecule has 7 nitrogen and oxygen atoms in total. The molecule has 3 rings (SSSR count). The molecule has 28 heavy (non-hydrogen) atoms. The van der Waals surface area contributed by atoms with Gasteiger partial charge in [-0.15, -0.1) is 0 Å². The molecule has 0 saturated heterocycles. The van der Waals surface area contributed by atoms with Crippen molar-refractivity contribution in [3.63, 3.8) is 0 Å². The van der Waals surface area contributed by atoms with Gasteiger partial charge in [-0.1, -0.05) is 41.0 Å². The fourth-order valence-electron chi connectivity index (χ4n) is 2.53. The van der Waals surface area contributed by atoms with E-state index in [0.29, 0.717) is 22.2 Å². The molecule has 0 aliphatic heterocycles. The van der Waals surface area contributed by atoms with Crippen LogP contribution in [0.25, 0.3) is 11.3 Å². The van der Waals surface area contributed by atoms with E-state index in [9.17, 15) is 4.79 Å². The number of hydrogen-bond acceptors (Lipinski definition) is 6. The largest absolute Gasteiger partial charge is 0.471 e. The lowest BCUT2D eigenvalue weighted by Gasteiger charge is -2.10. The third-order valence-corrected chi connectivity index (χ3v) is 4.14. The predicted octanol–water partition coefficient (Wildman–Crippen LogP) is 3.67. The number of nitrogens with one attached hydrogen (secondary N) is 1. The topological polar surface area (TPSA) is 86.0 Å². The maximum absolute atomic E-state index is 12.1. The van der Waals surface area contributed by atoms with E-state index < -0.39 is 0 Å². The smallest absolute Gasteiger partial charge is 0.273 e. The van der Waals surface area contributed by atoms with Crippen LogP contribution in [0.4, 0.5) is 0 Å². The van der Waals surface area contributed by atoms with Crippen LogP contribution in [0.5, 0.6) is 5.88 Å². The number of rotatable bonds is 7. The van der Waals surface area contributed by atoms with Crippen molar-refractivity contribution in [2.45, 2.75) is 6.61 Å². The van der Waals surface area contributed by atoms with Gasteiger partial charge in [0.1, 0.15) is 13.7 Å². The van der Waals surface area contributed by atoms with E-state index in [4.69, 9.17) is 25.7 Å². The van der Waals surface area contributed by atoms with Gasteiger partial charge in [-0.2, -0.15) is 0 Å². The minimum atomic E-state index is -0.360. The molecule has 8 heteroatoms. The fourth-order valence-corrected chi connectivity index (χ4v) is 2.65. The minimum absolute atomic E-state index is 0.159. The molecule has 0 atom stereocenters. The van der Waals surface area contributed by atoms with Crippen LogP contribution in [-0.4, -0.2) is 30.9 Å². The molecular weight excluding hydrogens is 382 g/mol. The summed E-state index contributed by atoms with van der Waals surface area (Å²) >= 11 is 5.90. The highest BCUT2D eigenvalue weighted by Crippen LogP contribution is 2.25. The summed E-state index contributed by atoms with van der Waals surface area (Å²) in [5, 5.41) is 11.0. The quantitative estimate of drug-likeness (QED) is 0.484. The Kier molecular flexibility index (Phi) is 6.29. The third-order valence-electron chi connectivity index (χ3n) is 3.89. The van der Waals surface area contributed by atoms with E-state index in [1.807, 2.05) is 30.3 Å². The standard InChI is InChI=1S/C20H18ClN3O4/c1-22-20(25)19(24-26-2)16-6-4-3-5-14(16)12-27-18-11-17(28-23-18)13-7-9-15(21)10-8-13/h3-11H,12H2,1-2H3,(H,22,25)/b24-19+. The second kappa shape index (κ2) is 9.05. The molecule has 0 bridgehead atoms. The van der Waals surface area contributed by atoms with E-state index in [1.54, 1.807) is 24.3 Å². The summed E-state index contributed by atoms with van der Waals surface area (Å²) in [6.45, 7) is 0.169. The number of aromatic nitrogens is 1. The lowest BCUT2D eigenvalue weighted by molar-refractivity contribution is -0.114. The lowest BCUT2D eigenvalue weighted by atomic mass is 10.0. The van der Waals surface area contributed by atoms with Gasteiger partial charge in [0.2, 0.25) is 0 Å². The van der Waals surface area contributed by atoms with Gasteiger partial charge in [-0.25, -0.2) is 0 Å². The molecule has 0 saturated carbocycles. The lowest BCUT2D eigenvalue weighted by Crippen LogP contribution is -2.29. The van der Waals surface area contributed by atoms with Crippen LogP contribution in [0, 0.1) is 0 Å². The maximum atomic E-state index is 12.1. The van der Waals surface area contributed by atoms with E-state index in [1.165, 1.54) is 14.2 Å². The number of ether oxygens (including phenoxy) is 1. The summed E-state index contributed by atoms with van der Waals surface area (Å²) in [4.78, 5) is 16.9. The molecule has 0 aliphatic carbocycles. The van der Waals surface area contributed by atoms with Crippen LogP contribution in [0.15, 0.2) is 64.3 Å². The first-order chi connectivity index (χ1) is 13.6. The number of oxime groups is 1. The zero-order chi connectivity index (χ0) is 19.9. The summed E-state index contributed by atoms with van der Waals surface area (Å²) in [5.41, 5.74) is 2.34. The van der Waals surface area contributed by atoms with Gasteiger partial charge in [-0.3, -0.25) is 4.79 Å². The molecule has 0 radical (unpaired) electrons. The Balaban J connectivity index is 1.78. The molecule has 0 unspecified atom stereocenters. The number of amides is 1. The number of benzene rings is 2. The number of carbonyl (C=O) groups is 1. The van der Waals surface area contributed by atoms with Gasteiger partial charge >= 0.3 is 0 Å². The van der Waals surface area contributed by atoms with Crippen molar-refractivity contribution in [2.24, 2.45) is 5.16 Å². The fraction of sp³-hybridized carbons (Fsp3) is 0.150. The molecule has 1 amide bonds. The summed E-state index contributed by atoms with van der Waals surface area (Å²) in [5.74, 6) is 0.526. The first kappa shape index (κ1) is 19.4. The van der Waals surface area contributed by atoms with E-state index in [0.717, 1.165) is 11.1 Å². The minimum Gasteiger partial charge on any atom is -0.471 e. The van der Waals surface area contributed by atoms with Crippen molar-refractivity contribution in [3.05, 3.63) is 70.7 Å². The van der Waals surface area contributed by atoms with E-state index in [-0.39, 0.29) is 18.2 Å². The molecule has 0 spiro atoms. The van der Waals surface area contributed by atoms with Crippen LogP contribution >= 0.6 is 11.6 Å². The summed E-state index contributed by atoms with van der Waals surface area (Å²) in [6.07, 6.45) is 0. The molecule has 0 aliphatic rings. The van der Waals surface area contributed by atoms with Gasteiger partial charge < -0.3 is 19.4 Å². The van der Waals surface area contributed by atoms with Crippen LogP contribution in [0.2, 0.25) is 5.02 Å². The Hall–Kier alpha value is -3.32. The number of hydrogen-bond donors (Lipinski definition) is 1. The molecule has 1 N–H and O–H groups in total. The van der Waals surface area contributed by atoms with Crippen LogP contribution in [0.1, 0.15) is 11.1 Å². The van der Waals surface area contributed by atoms with Gasteiger partial charge in [0.15, 0.2) is 11.5 Å². The predicted molar refractivity (Wildman–Crippen MR) is 105 cm³/mol. The van der Waals surface area contributed by atoms with Crippen molar-refractivity contribution in [2.75, 3.05) is 14.2 Å². The number of carbonyl (C=O) groups excluding carboxylic acids is 1. The van der Waals surface area contributed by atoms with Crippen molar-refractivity contribution < 1.29 is 18.9 Å². The highest BCUT2D eigenvalue weighted by molar-refractivity contribution is 6.45. The average Bonchev–Trinajstić information content (AvgIpc) is 3.20. The van der Waals surface area contributed by atoms with Crippen molar-refractivity contribution in [1.29, 1.82) is 0 Å². The Morgan fingerprint density at radius 2 is 1.96 bits per heavy atom. The molecular formula is C20H18ClN3O4. The van der Waals surface area contributed by atoms with Gasteiger partial charge in [0.05, 0.1) is 0 Å². The van der Waals surface area contributed by atoms with Crippen LogP contribution in [-0.2, 0) is 16.2 Å². The molecule has 144 valence electrons. The van der Waals surface area contributed by atoms with E-state index >= 15 is 0 Å². The average molecular weight is 400 g/mol. The number of nitrogens with zero attached hydrogens (tertiary/aromatic N) is 2. The van der Waals surface area contributed by atoms with Gasteiger partial charge in [0.25, 0.3) is 11.8 Å². The normalized spacial score (nSPS) is 11.2. The van der Waals surface area contributed by atoms with Gasteiger partial charge in [0, 0.05) is 29.3 Å². The summed E-state index contributed by atoms with van der Waals surface area (Å²) in [6, 6.07) is 16.2. The molecule has 3 aromatic rings. The summed E-state index contributed by atoms with van der Waals surface area (Å²) < 4.78 is 11.1. The third kappa shape index (κ3) is 4.50. The molecule has 0 fully saturated rings. The number of likely N-dealkylation sites (N-methyl/N-ethyl adjacent to an activating group) is 1. The monoisotopic (exact) mass is 399 g/mol. The maximum Gasteiger partial charge on any atom is 0.273 e. The van der Waals surface area contributed by atoms with Crippen LogP contribution in [0.3, 0.4) is 0 Å². The molecule has 2 aromatic carbocycles. The first-order valence-corrected chi connectivity index (χ1v) is 8.77. The highest BCUT2D eigenvalue weighted by atomic mass is 35.5. The second-order valence-electron chi connectivity index (χ2n) is 5.68. The Morgan fingerprint density at radius 3 is 2.68 bits per heavy atom. The second-order valence-corrected chi connectivity index (χ2v) is 6.12.